The molecule has 8 nitrogen and oxygen atoms in total. The molecule has 4 heterocycles. The number of anilines is 1. The van der Waals surface area contributed by atoms with E-state index in [4.69, 9.17) is 4.74 Å². The van der Waals surface area contributed by atoms with Crippen LogP contribution in [0.25, 0.3) is 22.0 Å². The molecule has 1 amide bonds. The fraction of sp³-hybridized carbons (Fsp3) is 0.368. The lowest BCUT2D eigenvalue weighted by molar-refractivity contribution is -0.122. The number of ether oxygens (including phenoxy) is 1. The molecule has 0 aliphatic carbocycles. The quantitative estimate of drug-likeness (QED) is 0.756. The highest BCUT2D eigenvalue weighted by atomic mass is 16.5. The number of pyridine rings is 2. The van der Waals surface area contributed by atoms with Gasteiger partial charge in [0, 0.05) is 49.0 Å². The van der Waals surface area contributed by atoms with Gasteiger partial charge in [-0.05, 0) is 19.1 Å². The summed E-state index contributed by atoms with van der Waals surface area (Å²) in [5, 5.41) is 8.03. The second-order valence-electron chi connectivity index (χ2n) is 6.70. The number of carbonyl (C=O) groups excluding carboxylic acids is 1. The lowest BCUT2D eigenvalue weighted by atomic mass is 10.1. The van der Waals surface area contributed by atoms with Gasteiger partial charge in [0.15, 0.2) is 0 Å². The van der Waals surface area contributed by atoms with E-state index >= 15 is 0 Å². The van der Waals surface area contributed by atoms with Crippen LogP contribution in [0, 0.1) is 0 Å². The lowest BCUT2D eigenvalue weighted by Crippen LogP contribution is -2.47. The Morgan fingerprint density at radius 1 is 1.15 bits per heavy atom. The van der Waals surface area contributed by atoms with Crippen molar-refractivity contribution in [3.8, 4) is 11.1 Å². The van der Waals surface area contributed by atoms with Crippen LogP contribution < -0.4 is 5.32 Å². The summed E-state index contributed by atoms with van der Waals surface area (Å²) in [6.45, 7) is 4.75. The van der Waals surface area contributed by atoms with E-state index < -0.39 is 0 Å². The Kier molecular flexibility index (Phi) is 4.83. The molecular weight excluding hydrogens is 344 g/mol. The standard InChI is InChI=1S/C19H22N6O2/c1-13(25-3-5-27-6-4-25)19(26)23-18-8-14-7-15(9-20-17(14)11-21-18)16-10-22-24(2)12-16/h7-13H,3-6H2,1-2H3,(H,21,23,26). The monoisotopic (exact) mass is 366 g/mol. The topological polar surface area (TPSA) is 85.2 Å². The fourth-order valence-corrected chi connectivity index (χ4v) is 3.19. The fourth-order valence-electron chi connectivity index (χ4n) is 3.19. The third-order valence-electron chi connectivity index (χ3n) is 4.83. The Morgan fingerprint density at radius 3 is 2.70 bits per heavy atom. The summed E-state index contributed by atoms with van der Waals surface area (Å²) in [5.41, 5.74) is 2.75. The summed E-state index contributed by atoms with van der Waals surface area (Å²) in [7, 11) is 1.88. The number of nitrogens with one attached hydrogen (secondary N) is 1. The van der Waals surface area contributed by atoms with Crippen molar-refractivity contribution in [3.63, 3.8) is 0 Å². The lowest BCUT2D eigenvalue weighted by Gasteiger charge is -2.31. The van der Waals surface area contributed by atoms with E-state index in [2.05, 4.69) is 25.3 Å². The zero-order valence-corrected chi connectivity index (χ0v) is 15.4. The number of hydrogen-bond donors (Lipinski definition) is 1. The van der Waals surface area contributed by atoms with Crippen molar-refractivity contribution in [1.29, 1.82) is 0 Å². The molecule has 0 spiro atoms. The third kappa shape index (κ3) is 3.81. The summed E-state index contributed by atoms with van der Waals surface area (Å²) < 4.78 is 7.10. The molecular formula is C19H22N6O2. The number of nitrogens with zero attached hydrogens (tertiary/aromatic N) is 5. The van der Waals surface area contributed by atoms with Gasteiger partial charge in [-0.1, -0.05) is 0 Å². The van der Waals surface area contributed by atoms with Gasteiger partial charge in [-0.2, -0.15) is 5.10 Å². The van der Waals surface area contributed by atoms with E-state index in [0.29, 0.717) is 19.0 Å². The summed E-state index contributed by atoms with van der Waals surface area (Å²) in [5.74, 6) is 0.456. The van der Waals surface area contributed by atoms with E-state index in [0.717, 1.165) is 35.1 Å². The number of hydrogen-bond acceptors (Lipinski definition) is 6. The Morgan fingerprint density at radius 2 is 1.96 bits per heavy atom. The van der Waals surface area contributed by atoms with Crippen LogP contribution in [-0.4, -0.2) is 62.9 Å². The Labute approximate surface area is 157 Å². The summed E-state index contributed by atoms with van der Waals surface area (Å²) in [6.07, 6.45) is 7.23. The minimum absolute atomic E-state index is 0.0693. The van der Waals surface area contributed by atoms with Gasteiger partial charge in [0.25, 0.3) is 0 Å². The molecule has 27 heavy (non-hydrogen) atoms. The maximum Gasteiger partial charge on any atom is 0.242 e. The van der Waals surface area contributed by atoms with E-state index in [1.807, 2.05) is 32.3 Å². The van der Waals surface area contributed by atoms with Crippen LogP contribution in [0.15, 0.2) is 36.9 Å². The minimum Gasteiger partial charge on any atom is -0.379 e. The smallest absolute Gasteiger partial charge is 0.242 e. The first-order valence-corrected chi connectivity index (χ1v) is 8.97. The Balaban J connectivity index is 1.54. The van der Waals surface area contributed by atoms with Crippen LogP contribution in [0.4, 0.5) is 5.82 Å². The van der Waals surface area contributed by atoms with Gasteiger partial charge in [-0.3, -0.25) is 19.4 Å². The second kappa shape index (κ2) is 7.42. The number of rotatable bonds is 4. The number of aromatic nitrogens is 4. The molecule has 1 saturated heterocycles. The SMILES string of the molecule is CC(C(=O)Nc1cc2cc(-c3cnn(C)c3)cnc2cn1)N1CCOCC1. The predicted octanol–water partition coefficient (Wildman–Crippen LogP) is 1.69. The van der Waals surface area contributed by atoms with Gasteiger partial charge in [0.05, 0.1) is 37.2 Å². The molecule has 0 radical (unpaired) electrons. The number of fused-ring (bicyclic) bond motifs is 1. The second-order valence-corrected chi connectivity index (χ2v) is 6.70. The largest absolute Gasteiger partial charge is 0.379 e. The van der Waals surface area contributed by atoms with Crippen molar-refractivity contribution < 1.29 is 9.53 Å². The van der Waals surface area contributed by atoms with Crippen molar-refractivity contribution >= 4 is 22.6 Å². The number of morpholine rings is 1. The molecule has 0 saturated carbocycles. The van der Waals surface area contributed by atoms with Crippen LogP contribution in [0.5, 0.6) is 0 Å². The molecule has 1 atom stereocenters. The molecule has 1 aliphatic heterocycles. The first-order chi connectivity index (χ1) is 13.1. The predicted molar refractivity (Wildman–Crippen MR) is 102 cm³/mol. The normalized spacial score (nSPS) is 16.4. The zero-order chi connectivity index (χ0) is 18.8. The van der Waals surface area contributed by atoms with Crippen LogP contribution in [0.3, 0.4) is 0 Å². The average molecular weight is 366 g/mol. The molecule has 1 fully saturated rings. The molecule has 140 valence electrons. The Hall–Kier alpha value is -2.84. The molecule has 3 aromatic rings. The molecule has 8 heteroatoms. The first kappa shape index (κ1) is 17.6. The van der Waals surface area contributed by atoms with Gasteiger partial charge in [-0.15, -0.1) is 0 Å². The highest BCUT2D eigenvalue weighted by molar-refractivity contribution is 5.95. The van der Waals surface area contributed by atoms with Gasteiger partial charge >= 0.3 is 0 Å². The highest BCUT2D eigenvalue weighted by Crippen LogP contribution is 2.23. The van der Waals surface area contributed by atoms with Gasteiger partial charge < -0.3 is 10.1 Å². The number of carbonyl (C=O) groups is 1. The first-order valence-electron chi connectivity index (χ1n) is 8.97. The van der Waals surface area contributed by atoms with Crippen molar-refractivity contribution in [3.05, 3.63) is 36.9 Å². The van der Waals surface area contributed by atoms with E-state index in [1.165, 1.54) is 0 Å². The maximum atomic E-state index is 12.6. The van der Waals surface area contributed by atoms with Gasteiger partial charge in [0.1, 0.15) is 5.82 Å². The Bertz CT molecular complexity index is 964. The van der Waals surface area contributed by atoms with Crippen LogP contribution in [-0.2, 0) is 16.6 Å². The summed E-state index contributed by atoms with van der Waals surface area (Å²) >= 11 is 0. The van der Waals surface area contributed by atoms with Crippen LogP contribution in [0.1, 0.15) is 6.92 Å². The van der Waals surface area contributed by atoms with Gasteiger partial charge in [0.2, 0.25) is 5.91 Å². The summed E-state index contributed by atoms with van der Waals surface area (Å²) in [6, 6.07) is 3.65. The molecule has 0 bridgehead atoms. The number of amides is 1. The van der Waals surface area contributed by atoms with Gasteiger partial charge in [-0.25, -0.2) is 4.98 Å². The third-order valence-corrected chi connectivity index (χ3v) is 4.83. The molecule has 1 N–H and O–H groups in total. The minimum atomic E-state index is -0.230. The molecule has 3 aromatic heterocycles. The van der Waals surface area contributed by atoms with Crippen LogP contribution >= 0.6 is 0 Å². The zero-order valence-electron chi connectivity index (χ0n) is 15.4. The van der Waals surface area contributed by atoms with Crippen molar-refractivity contribution in [2.75, 3.05) is 31.6 Å². The summed E-state index contributed by atoms with van der Waals surface area (Å²) in [4.78, 5) is 23.5. The number of aryl methyl sites for hydroxylation is 1. The average Bonchev–Trinajstić information content (AvgIpc) is 3.14. The van der Waals surface area contributed by atoms with E-state index in [9.17, 15) is 4.79 Å². The van der Waals surface area contributed by atoms with Crippen molar-refractivity contribution in [1.82, 2.24) is 24.6 Å². The molecule has 1 aliphatic rings. The molecule has 0 aromatic carbocycles. The van der Waals surface area contributed by atoms with E-state index in [1.54, 1.807) is 23.3 Å². The molecule has 4 rings (SSSR count). The van der Waals surface area contributed by atoms with Crippen LogP contribution in [0.2, 0.25) is 0 Å². The maximum absolute atomic E-state index is 12.6. The van der Waals surface area contributed by atoms with E-state index in [-0.39, 0.29) is 11.9 Å². The van der Waals surface area contributed by atoms with Crippen molar-refractivity contribution in [2.45, 2.75) is 13.0 Å². The highest BCUT2D eigenvalue weighted by Gasteiger charge is 2.23. The van der Waals surface area contributed by atoms with Crippen molar-refractivity contribution in [2.24, 2.45) is 7.05 Å². The molecule has 1 unspecified atom stereocenters.